The molecule has 0 aromatic heterocycles. The number of rotatable bonds is 10. The Balaban J connectivity index is 2.33. The van der Waals surface area contributed by atoms with Gasteiger partial charge < -0.3 is 10.2 Å². The first-order chi connectivity index (χ1) is 9.27. The number of carbonyl (C=O) groups is 1. The van der Waals surface area contributed by atoms with Crippen LogP contribution in [0.25, 0.3) is 0 Å². The first-order valence-corrected chi connectivity index (χ1v) is 8.26. The van der Waals surface area contributed by atoms with Crippen LogP contribution in [-0.4, -0.2) is 37.0 Å². The van der Waals surface area contributed by atoms with Gasteiger partial charge in [0.25, 0.3) is 0 Å². The fourth-order valence-corrected chi connectivity index (χ4v) is 2.73. The third kappa shape index (κ3) is 6.95. The minimum absolute atomic E-state index is 0.390. The molecule has 0 aromatic carbocycles. The molecule has 1 fully saturated rings. The quantitative estimate of drug-likeness (QED) is 0.617. The Morgan fingerprint density at radius 1 is 1.11 bits per heavy atom. The lowest BCUT2D eigenvalue weighted by atomic mass is 10.0. The zero-order valence-electron chi connectivity index (χ0n) is 12.9. The van der Waals surface area contributed by atoms with Gasteiger partial charge in [0.2, 0.25) is 5.91 Å². The lowest BCUT2D eigenvalue weighted by Crippen LogP contribution is -2.34. The molecule has 19 heavy (non-hydrogen) atoms. The van der Waals surface area contributed by atoms with Crippen LogP contribution >= 0.6 is 0 Å². The normalized spacial score (nSPS) is 18.7. The average molecular weight is 268 g/mol. The average Bonchev–Trinajstić information content (AvgIpc) is 2.90. The van der Waals surface area contributed by atoms with Crippen molar-refractivity contribution >= 4 is 5.91 Å². The standard InChI is InChI=1S/C16H32N2O/c1-3-5-7-11-18(12-8-6-4-2)16(19)13-15-9-10-17-14-15/h15,17H,3-14H2,1-2H3. The second kappa shape index (κ2) is 10.2. The highest BCUT2D eigenvalue weighted by Crippen LogP contribution is 2.15. The van der Waals surface area contributed by atoms with E-state index in [2.05, 4.69) is 24.1 Å². The molecular formula is C16H32N2O. The second-order valence-electron chi connectivity index (χ2n) is 5.86. The molecule has 112 valence electrons. The third-order valence-corrected chi connectivity index (χ3v) is 4.04. The molecule has 0 aliphatic carbocycles. The molecule has 1 saturated heterocycles. The number of nitrogens with zero attached hydrogens (tertiary/aromatic N) is 1. The molecule has 3 nitrogen and oxygen atoms in total. The van der Waals surface area contributed by atoms with Gasteiger partial charge in [0.15, 0.2) is 0 Å². The molecule has 1 heterocycles. The largest absolute Gasteiger partial charge is 0.343 e. The second-order valence-corrected chi connectivity index (χ2v) is 5.86. The predicted octanol–water partition coefficient (Wildman–Crippen LogP) is 3.20. The number of carbonyl (C=O) groups excluding carboxylic acids is 1. The number of hydrogen-bond acceptors (Lipinski definition) is 2. The van der Waals surface area contributed by atoms with Crippen LogP contribution in [0.2, 0.25) is 0 Å². The molecule has 0 saturated carbocycles. The SMILES string of the molecule is CCCCCN(CCCCC)C(=O)CC1CCNC1. The van der Waals surface area contributed by atoms with Crippen molar-refractivity contribution in [3.8, 4) is 0 Å². The van der Waals surface area contributed by atoms with Gasteiger partial charge in [-0.3, -0.25) is 4.79 Å². The zero-order valence-corrected chi connectivity index (χ0v) is 12.9. The van der Waals surface area contributed by atoms with E-state index in [1.54, 1.807) is 0 Å². The summed E-state index contributed by atoms with van der Waals surface area (Å²) in [5.41, 5.74) is 0. The molecule has 0 bridgehead atoms. The van der Waals surface area contributed by atoms with E-state index in [0.29, 0.717) is 11.8 Å². The maximum atomic E-state index is 12.4. The Morgan fingerprint density at radius 2 is 1.74 bits per heavy atom. The van der Waals surface area contributed by atoms with Gasteiger partial charge in [0, 0.05) is 19.5 Å². The molecule has 1 N–H and O–H groups in total. The summed E-state index contributed by atoms with van der Waals surface area (Å²) in [5.74, 6) is 0.966. The van der Waals surface area contributed by atoms with Crippen molar-refractivity contribution in [1.29, 1.82) is 0 Å². The van der Waals surface area contributed by atoms with Gasteiger partial charge in [-0.25, -0.2) is 0 Å². The molecule has 0 spiro atoms. The molecule has 1 atom stereocenters. The Hall–Kier alpha value is -0.570. The number of amides is 1. The van der Waals surface area contributed by atoms with Crippen LogP contribution < -0.4 is 5.32 Å². The van der Waals surface area contributed by atoms with Crippen LogP contribution in [0.4, 0.5) is 0 Å². The van der Waals surface area contributed by atoms with E-state index in [1.165, 1.54) is 32.1 Å². The highest BCUT2D eigenvalue weighted by Gasteiger charge is 2.21. The summed E-state index contributed by atoms with van der Waals surface area (Å²) in [6.07, 6.45) is 9.18. The van der Waals surface area contributed by atoms with E-state index in [9.17, 15) is 4.79 Å². The summed E-state index contributed by atoms with van der Waals surface area (Å²) in [6, 6.07) is 0. The van der Waals surface area contributed by atoms with Crippen LogP contribution in [0.5, 0.6) is 0 Å². The number of nitrogens with one attached hydrogen (secondary N) is 1. The minimum Gasteiger partial charge on any atom is -0.343 e. The highest BCUT2D eigenvalue weighted by atomic mass is 16.2. The fourth-order valence-electron chi connectivity index (χ4n) is 2.73. The summed E-state index contributed by atoms with van der Waals surface area (Å²) in [5, 5.41) is 3.35. The van der Waals surface area contributed by atoms with E-state index >= 15 is 0 Å². The Kier molecular flexibility index (Phi) is 8.89. The van der Waals surface area contributed by atoms with Crippen molar-refractivity contribution in [2.45, 2.75) is 65.2 Å². The third-order valence-electron chi connectivity index (χ3n) is 4.04. The molecule has 0 aromatic rings. The first-order valence-electron chi connectivity index (χ1n) is 8.26. The molecule has 1 aliphatic heterocycles. The maximum Gasteiger partial charge on any atom is 0.222 e. The topological polar surface area (TPSA) is 32.3 Å². The van der Waals surface area contributed by atoms with E-state index < -0.39 is 0 Å². The molecule has 1 rings (SSSR count). The van der Waals surface area contributed by atoms with Gasteiger partial charge in [-0.05, 0) is 38.3 Å². The molecule has 3 heteroatoms. The van der Waals surface area contributed by atoms with Crippen LogP contribution in [-0.2, 0) is 4.79 Å². The lowest BCUT2D eigenvalue weighted by Gasteiger charge is -2.24. The van der Waals surface area contributed by atoms with Gasteiger partial charge in [0.1, 0.15) is 0 Å². The maximum absolute atomic E-state index is 12.4. The Morgan fingerprint density at radius 3 is 2.21 bits per heavy atom. The molecule has 1 aliphatic rings. The van der Waals surface area contributed by atoms with Crippen molar-refractivity contribution in [2.75, 3.05) is 26.2 Å². The van der Waals surface area contributed by atoms with Gasteiger partial charge >= 0.3 is 0 Å². The number of unbranched alkanes of at least 4 members (excludes halogenated alkanes) is 4. The van der Waals surface area contributed by atoms with Crippen LogP contribution in [0.3, 0.4) is 0 Å². The van der Waals surface area contributed by atoms with E-state index in [1.807, 2.05) is 0 Å². The van der Waals surface area contributed by atoms with Crippen molar-refractivity contribution in [2.24, 2.45) is 5.92 Å². The summed E-state index contributed by atoms with van der Waals surface area (Å²) in [4.78, 5) is 14.5. The van der Waals surface area contributed by atoms with Crippen LogP contribution in [0, 0.1) is 5.92 Å². The van der Waals surface area contributed by atoms with E-state index in [4.69, 9.17) is 0 Å². The molecule has 0 radical (unpaired) electrons. The summed E-state index contributed by atoms with van der Waals surface area (Å²) in [7, 11) is 0. The number of hydrogen-bond donors (Lipinski definition) is 1. The fraction of sp³-hybridized carbons (Fsp3) is 0.938. The van der Waals surface area contributed by atoms with Crippen LogP contribution in [0.15, 0.2) is 0 Å². The summed E-state index contributed by atoms with van der Waals surface area (Å²) >= 11 is 0. The zero-order chi connectivity index (χ0) is 13.9. The van der Waals surface area contributed by atoms with Gasteiger partial charge in [-0.15, -0.1) is 0 Å². The van der Waals surface area contributed by atoms with Gasteiger partial charge in [-0.1, -0.05) is 39.5 Å². The van der Waals surface area contributed by atoms with Crippen molar-refractivity contribution in [3.63, 3.8) is 0 Å². The van der Waals surface area contributed by atoms with Gasteiger partial charge in [-0.2, -0.15) is 0 Å². The van der Waals surface area contributed by atoms with Crippen LogP contribution in [0.1, 0.15) is 65.2 Å². The monoisotopic (exact) mass is 268 g/mol. The Bertz CT molecular complexity index is 227. The first kappa shape index (κ1) is 16.5. The van der Waals surface area contributed by atoms with Crippen molar-refractivity contribution in [3.05, 3.63) is 0 Å². The molecule has 1 amide bonds. The highest BCUT2D eigenvalue weighted by molar-refractivity contribution is 5.76. The van der Waals surface area contributed by atoms with E-state index in [0.717, 1.165) is 45.4 Å². The lowest BCUT2D eigenvalue weighted by molar-refractivity contribution is -0.132. The molecule has 1 unspecified atom stereocenters. The molecular weight excluding hydrogens is 236 g/mol. The van der Waals surface area contributed by atoms with Crippen molar-refractivity contribution in [1.82, 2.24) is 10.2 Å². The Labute approximate surface area is 119 Å². The predicted molar refractivity (Wildman–Crippen MR) is 81.2 cm³/mol. The minimum atomic E-state index is 0.390. The summed E-state index contributed by atoms with van der Waals surface area (Å²) in [6.45, 7) is 8.49. The smallest absolute Gasteiger partial charge is 0.222 e. The van der Waals surface area contributed by atoms with Gasteiger partial charge in [0.05, 0.1) is 0 Å². The van der Waals surface area contributed by atoms with Crippen molar-refractivity contribution < 1.29 is 4.79 Å². The summed E-state index contributed by atoms with van der Waals surface area (Å²) < 4.78 is 0. The van der Waals surface area contributed by atoms with E-state index in [-0.39, 0.29) is 0 Å².